The van der Waals surface area contributed by atoms with Crippen LogP contribution in [0.1, 0.15) is 20.8 Å². The van der Waals surface area contributed by atoms with Crippen molar-refractivity contribution in [1.29, 1.82) is 0 Å². The number of nitrogens with one attached hydrogen (secondary N) is 2. The van der Waals surface area contributed by atoms with Crippen molar-refractivity contribution in [2.24, 2.45) is 0 Å². The first-order chi connectivity index (χ1) is 8.90. The molecule has 0 spiro atoms. The number of hydrogen-bond acceptors (Lipinski definition) is 3. The Balaban J connectivity index is 2.73. The van der Waals surface area contributed by atoms with Gasteiger partial charge in [0.25, 0.3) is 0 Å². The maximum atomic E-state index is 12.2. The Morgan fingerprint density at radius 3 is 2.42 bits per heavy atom. The van der Waals surface area contributed by atoms with Crippen LogP contribution in [0.5, 0.6) is 5.75 Å². The fourth-order valence-electron chi connectivity index (χ4n) is 1.49. The zero-order valence-electron chi connectivity index (χ0n) is 11.1. The van der Waals surface area contributed by atoms with E-state index >= 15 is 0 Å². The fraction of sp³-hybridized carbons (Fsp3) is 0.462. The number of halogens is 2. The first-order valence-corrected chi connectivity index (χ1v) is 6.01. The number of anilines is 1. The molecule has 19 heavy (non-hydrogen) atoms. The van der Waals surface area contributed by atoms with E-state index < -0.39 is 12.7 Å². The largest absolute Gasteiger partial charge is 0.433 e. The van der Waals surface area contributed by atoms with Gasteiger partial charge in [0.2, 0.25) is 5.91 Å². The Hall–Kier alpha value is -1.85. The highest BCUT2D eigenvalue weighted by Crippen LogP contribution is 2.26. The monoisotopic (exact) mass is 272 g/mol. The van der Waals surface area contributed by atoms with Gasteiger partial charge < -0.3 is 15.4 Å². The summed E-state index contributed by atoms with van der Waals surface area (Å²) in [5.41, 5.74) is 0.356. The number of amides is 1. The summed E-state index contributed by atoms with van der Waals surface area (Å²) >= 11 is 0. The van der Waals surface area contributed by atoms with Crippen molar-refractivity contribution in [3.8, 4) is 5.75 Å². The molecule has 1 amide bonds. The molecule has 0 aromatic heterocycles. The molecule has 0 radical (unpaired) electrons. The molecule has 0 saturated carbocycles. The molecule has 4 nitrogen and oxygen atoms in total. The summed E-state index contributed by atoms with van der Waals surface area (Å²) in [6.45, 7) is 2.44. The molecule has 0 aliphatic heterocycles. The van der Waals surface area contributed by atoms with E-state index in [2.05, 4.69) is 15.4 Å². The van der Waals surface area contributed by atoms with Gasteiger partial charge in [0.05, 0.1) is 5.69 Å². The van der Waals surface area contributed by atoms with Gasteiger partial charge in [0, 0.05) is 6.04 Å². The minimum Gasteiger partial charge on any atom is -0.433 e. The molecule has 1 aromatic carbocycles. The Kier molecular flexibility index (Phi) is 5.54. The van der Waals surface area contributed by atoms with E-state index in [0.29, 0.717) is 5.69 Å². The van der Waals surface area contributed by atoms with Crippen LogP contribution in [0.4, 0.5) is 14.5 Å². The molecule has 1 aromatic rings. The summed E-state index contributed by atoms with van der Waals surface area (Å²) < 4.78 is 28.9. The lowest BCUT2D eigenvalue weighted by atomic mass is 10.2. The highest BCUT2D eigenvalue weighted by Gasteiger charge is 2.16. The third-order valence-corrected chi connectivity index (χ3v) is 2.30. The van der Waals surface area contributed by atoms with Crippen LogP contribution in [-0.4, -0.2) is 24.6 Å². The number of hydrogen-bond donors (Lipinski definition) is 2. The average Bonchev–Trinajstić information content (AvgIpc) is 2.30. The SMILES string of the molecule is CC(C)NC(=O)C(C)Nc1ccccc1OC(F)F. The number of para-hydroxylation sites is 2. The molecule has 0 heterocycles. The lowest BCUT2D eigenvalue weighted by molar-refractivity contribution is -0.122. The van der Waals surface area contributed by atoms with Crippen LogP contribution in [0.3, 0.4) is 0 Å². The molecular weight excluding hydrogens is 254 g/mol. The van der Waals surface area contributed by atoms with Crippen molar-refractivity contribution in [2.45, 2.75) is 39.5 Å². The molecule has 0 aliphatic carbocycles. The third-order valence-electron chi connectivity index (χ3n) is 2.30. The van der Waals surface area contributed by atoms with Crippen molar-refractivity contribution in [3.63, 3.8) is 0 Å². The smallest absolute Gasteiger partial charge is 0.387 e. The van der Waals surface area contributed by atoms with Crippen LogP contribution >= 0.6 is 0 Å². The highest BCUT2D eigenvalue weighted by atomic mass is 19.3. The second-order valence-corrected chi connectivity index (χ2v) is 4.40. The number of rotatable bonds is 6. The standard InChI is InChI=1S/C13H18F2N2O2/c1-8(2)16-12(18)9(3)17-10-6-4-5-7-11(10)19-13(14)15/h4-9,13,17H,1-3H3,(H,16,18). The van der Waals surface area contributed by atoms with Crippen molar-refractivity contribution in [3.05, 3.63) is 24.3 Å². The molecule has 6 heteroatoms. The van der Waals surface area contributed by atoms with Gasteiger partial charge >= 0.3 is 6.61 Å². The van der Waals surface area contributed by atoms with Gasteiger partial charge in [0.15, 0.2) is 0 Å². The first kappa shape index (κ1) is 15.2. The average molecular weight is 272 g/mol. The van der Waals surface area contributed by atoms with Crippen molar-refractivity contribution >= 4 is 11.6 Å². The van der Waals surface area contributed by atoms with Gasteiger partial charge in [-0.3, -0.25) is 4.79 Å². The predicted octanol–water partition coefficient (Wildman–Crippen LogP) is 2.61. The van der Waals surface area contributed by atoms with Crippen LogP contribution in [0, 0.1) is 0 Å². The summed E-state index contributed by atoms with van der Waals surface area (Å²) in [6.07, 6.45) is 0. The van der Waals surface area contributed by atoms with Gasteiger partial charge in [0.1, 0.15) is 11.8 Å². The van der Waals surface area contributed by atoms with Crippen LogP contribution in [0.15, 0.2) is 24.3 Å². The Morgan fingerprint density at radius 1 is 1.21 bits per heavy atom. The van der Waals surface area contributed by atoms with Crippen LogP contribution in [-0.2, 0) is 4.79 Å². The topological polar surface area (TPSA) is 50.4 Å². The maximum absolute atomic E-state index is 12.2. The van der Waals surface area contributed by atoms with Crippen molar-refractivity contribution in [2.75, 3.05) is 5.32 Å². The lowest BCUT2D eigenvalue weighted by Gasteiger charge is -2.19. The van der Waals surface area contributed by atoms with E-state index in [1.165, 1.54) is 6.07 Å². The Morgan fingerprint density at radius 2 is 1.84 bits per heavy atom. The number of carbonyl (C=O) groups is 1. The quantitative estimate of drug-likeness (QED) is 0.837. The molecular formula is C13H18F2N2O2. The molecule has 1 rings (SSSR count). The van der Waals surface area contributed by atoms with E-state index in [0.717, 1.165) is 0 Å². The zero-order chi connectivity index (χ0) is 14.4. The first-order valence-electron chi connectivity index (χ1n) is 6.01. The molecule has 1 atom stereocenters. The van der Waals surface area contributed by atoms with Crippen LogP contribution in [0.25, 0.3) is 0 Å². The molecule has 0 saturated heterocycles. The van der Waals surface area contributed by atoms with E-state index in [4.69, 9.17) is 0 Å². The van der Waals surface area contributed by atoms with Crippen LogP contribution < -0.4 is 15.4 Å². The van der Waals surface area contributed by atoms with E-state index in [1.54, 1.807) is 25.1 Å². The molecule has 0 aliphatic rings. The summed E-state index contributed by atoms with van der Waals surface area (Å²) in [6, 6.07) is 5.72. The summed E-state index contributed by atoms with van der Waals surface area (Å²) in [7, 11) is 0. The minimum absolute atomic E-state index is 0.0155. The van der Waals surface area contributed by atoms with Gasteiger partial charge in [-0.25, -0.2) is 0 Å². The second-order valence-electron chi connectivity index (χ2n) is 4.40. The Bertz CT molecular complexity index is 425. The fourth-order valence-corrected chi connectivity index (χ4v) is 1.49. The Labute approximate surface area is 111 Å². The van der Waals surface area contributed by atoms with Crippen molar-refractivity contribution < 1.29 is 18.3 Å². The summed E-state index contributed by atoms with van der Waals surface area (Å²) in [5.74, 6) is -0.191. The third kappa shape index (κ3) is 5.11. The van der Waals surface area contributed by atoms with Crippen molar-refractivity contribution in [1.82, 2.24) is 5.32 Å². The lowest BCUT2D eigenvalue weighted by Crippen LogP contribution is -2.41. The van der Waals surface area contributed by atoms with E-state index in [9.17, 15) is 13.6 Å². The normalized spacial score (nSPS) is 12.4. The zero-order valence-corrected chi connectivity index (χ0v) is 11.1. The number of alkyl halides is 2. The number of ether oxygens (including phenoxy) is 1. The van der Waals surface area contributed by atoms with Gasteiger partial charge in [-0.15, -0.1) is 0 Å². The molecule has 0 bridgehead atoms. The van der Waals surface area contributed by atoms with Gasteiger partial charge in [-0.05, 0) is 32.9 Å². The second kappa shape index (κ2) is 6.92. The molecule has 1 unspecified atom stereocenters. The van der Waals surface area contributed by atoms with Crippen LogP contribution in [0.2, 0.25) is 0 Å². The molecule has 106 valence electrons. The number of benzene rings is 1. The predicted molar refractivity (Wildman–Crippen MR) is 69.4 cm³/mol. The minimum atomic E-state index is -2.90. The number of carbonyl (C=O) groups excluding carboxylic acids is 1. The maximum Gasteiger partial charge on any atom is 0.387 e. The summed E-state index contributed by atoms with van der Waals surface area (Å²) in [4.78, 5) is 11.7. The van der Waals surface area contributed by atoms with Gasteiger partial charge in [-0.1, -0.05) is 12.1 Å². The van der Waals surface area contributed by atoms with Gasteiger partial charge in [-0.2, -0.15) is 8.78 Å². The molecule has 0 fully saturated rings. The van der Waals surface area contributed by atoms with E-state index in [1.807, 2.05) is 13.8 Å². The highest BCUT2D eigenvalue weighted by molar-refractivity contribution is 5.84. The molecule has 2 N–H and O–H groups in total. The van der Waals surface area contributed by atoms with E-state index in [-0.39, 0.29) is 17.7 Å². The summed E-state index contributed by atoms with van der Waals surface area (Å²) in [5, 5.41) is 5.58.